The average molecular weight is 383 g/mol. The highest BCUT2D eigenvalue weighted by Crippen LogP contribution is 2.30. The molecule has 0 spiro atoms. The summed E-state index contributed by atoms with van der Waals surface area (Å²) in [5.41, 5.74) is 0.881. The number of ether oxygens (including phenoxy) is 3. The van der Waals surface area contributed by atoms with E-state index in [9.17, 15) is 18.4 Å². The summed E-state index contributed by atoms with van der Waals surface area (Å²) in [6.45, 7) is -2.97. The van der Waals surface area contributed by atoms with E-state index in [1.165, 1.54) is 44.6 Å². The lowest BCUT2D eigenvalue weighted by Gasteiger charge is -2.10. The highest BCUT2D eigenvalue weighted by atomic mass is 32.1. The van der Waals surface area contributed by atoms with Crippen LogP contribution in [0.2, 0.25) is 0 Å². The molecule has 2 aromatic rings. The number of halogens is 2. The smallest absolute Gasteiger partial charge is 0.387 e. The molecule has 0 atom stereocenters. The average Bonchev–Trinajstić information content (AvgIpc) is 3.07. The largest absolute Gasteiger partial charge is 0.493 e. The molecule has 1 aromatic heterocycles. The number of thiophene rings is 1. The standard InChI is InChI=1S/C17H15F2NO5S/c1-23-13-9-10(3-5-12(13)25-17(18)19)4-6-14(21)20-11-7-8-26-15(11)16(22)24-2/h3-9,17H,1-2H3,(H,20,21)/b6-4+. The third kappa shape index (κ3) is 5.03. The van der Waals surface area contributed by atoms with E-state index >= 15 is 0 Å². The Bertz CT molecular complexity index is 819. The van der Waals surface area contributed by atoms with Gasteiger partial charge in [0.15, 0.2) is 11.5 Å². The van der Waals surface area contributed by atoms with Crippen molar-refractivity contribution >= 4 is 35.0 Å². The molecule has 0 unspecified atom stereocenters. The number of hydrogen-bond acceptors (Lipinski definition) is 6. The number of methoxy groups -OCH3 is 2. The van der Waals surface area contributed by atoms with E-state index < -0.39 is 18.5 Å². The van der Waals surface area contributed by atoms with Gasteiger partial charge in [-0.3, -0.25) is 4.79 Å². The summed E-state index contributed by atoms with van der Waals surface area (Å²) in [7, 11) is 2.57. The van der Waals surface area contributed by atoms with E-state index in [0.717, 1.165) is 11.3 Å². The Morgan fingerprint density at radius 1 is 1.19 bits per heavy atom. The number of benzene rings is 1. The highest BCUT2D eigenvalue weighted by Gasteiger charge is 2.15. The van der Waals surface area contributed by atoms with E-state index in [2.05, 4.69) is 14.8 Å². The van der Waals surface area contributed by atoms with Gasteiger partial charge in [-0.2, -0.15) is 8.78 Å². The number of amides is 1. The molecule has 26 heavy (non-hydrogen) atoms. The van der Waals surface area contributed by atoms with Gasteiger partial charge in [-0.05, 0) is 35.2 Å². The van der Waals surface area contributed by atoms with Crippen LogP contribution in [-0.4, -0.2) is 32.7 Å². The van der Waals surface area contributed by atoms with Gasteiger partial charge in [-0.15, -0.1) is 11.3 Å². The summed E-state index contributed by atoms with van der Waals surface area (Å²) in [6.07, 6.45) is 2.70. The van der Waals surface area contributed by atoms with Crippen molar-refractivity contribution in [1.29, 1.82) is 0 Å². The van der Waals surface area contributed by atoms with Crippen LogP contribution >= 0.6 is 11.3 Å². The molecule has 0 bridgehead atoms. The quantitative estimate of drug-likeness (QED) is 0.582. The zero-order valence-electron chi connectivity index (χ0n) is 13.8. The molecule has 0 saturated heterocycles. The molecule has 0 fully saturated rings. The Morgan fingerprint density at radius 3 is 2.62 bits per heavy atom. The van der Waals surface area contributed by atoms with Crippen LogP contribution < -0.4 is 14.8 Å². The first-order valence-corrected chi connectivity index (χ1v) is 8.10. The van der Waals surface area contributed by atoms with Crippen LogP contribution in [0.25, 0.3) is 6.08 Å². The highest BCUT2D eigenvalue weighted by molar-refractivity contribution is 7.12. The first-order chi connectivity index (χ1) is 12.4. The summed E-state index contributed by atoms with van der Waals surface area (Å²) in [5.74, 6) is -1.01. The molecule has 138 valence electrons. The lowest BCUT2D eigenvalue weighted by molar-refractivity contribution is -0.111. The second-order valence-electron chi connectivity index (χ2n) is 4.77. The predicted molar refractivity (Wildman–Crippen MR) is 92.9 cm³/mol. The molecule has 9 heteroatoms. The van der Waals surface area contributed by atoms with Crippen molar-refractivity contribution in [2.75, 3.05) is 19.5 Å². The molecule has 1 heterocycles. The topological polar surface area (TPSA) is 73.9 Å². The van der Waals surface area contributed by atoms with E-state index in [-0.39, 0.29) is 16.4 Å². The number of esters is 1. The van der Waals surface area contributed by atoms with Gasteiger partial charge in [0.25, 0.3) is 0 Å². The maximum Gasteiger partial charge on any atom is 0.387 e. The minimum atomic E-state index is -2.97. The van der Waals surface area contributed by atoms with E-state index in [1.807, 2.05) is 0 Å². The van der Waals surface area contributed by atoms with Gasteiger partial charge in [0.2, 0.25) is 5.91 Å². The lowest BCUT2D eigenvalue weighted by Crippen LogP contribution is -2.10. The van der Waals surface area contributed by atoms with Crippen LogP contribution in [0.4, 0.5) is 14.5 Å². The molecule has 0 aliphatic heterocycles. The Hall–Kier alpha value is -2.94. The number of carbonyl (C=O) groups excluding carboxylic acids is 2. The second kappa shape index (κ2) is 8.95. The number of hydrogen-bond donors (Lipinski definition) is 1. The molecule has 0 radical (unpaired) electrons. The Balaban J connectivity index is 2.08. The second-order valence-corrected chi connectivity index (χ2v) is 5.68. The lowest BCUT2D eigenvalue weighted by atomic mass is 10.2. The summed E-state index contributed by atoms with van der Waals surface area (Å²) in [4.78, 5) is 23.9. The van der Waals surface area contributed by atoms with Crippen molar-refractivity contribution in [3.05, 3.63) is 46.2 Å². The third-order valence-electron chi connectivity index (χ3n) is 3.12. The van der Waals surface area contributed by atoms with E-state index in [1.54, 1.807) is 11.4 Å². The zero-order valence-corrected chi connectivity index (χ0v) is 14.6. The fraction of sp³-hybridized carbons (Fsp3) is 0.176. The zero-order chi connectivity index (χ0) is 19.1. The molecule has 6 nitrogen and oxygen atoms in total. The van der Waals surface area contributed by atoms with Crippen LogP contribution in [0, 0.1) is 0 Å². The molecule has 1 amide bonds. The fourth-order valence-corrected chi connectivity index (χ4v) is 2.75. The normalized spacial score (nSPS) is 10.8. The van der Waals surface area contributed by atoms with Crippen LogP contribution in [0.1, 0.15) is 15.2 Å². The fourth-order valence-electron chi connectivity index (χ4n) is 1.99. The number of alkyl halides is 2. The summed E-state index contributed by atoms with van der Waals surface area (Å²) < 4.78 is 38.6. The van der Waals surface area contributed by atoms with Crippen molar-refractivity contribution in [2.45, 2.75) is 6.61 Å². The Morgan fingerprint density at radius 2 is 1.96 bits per heavy atom. The van der Waals surface area contributed by atoms with Crippen LogP contribution in [0.3, 0.4) is 0 Å². The van der Waals surface area contributed by atoms with Gasteiger partial charge in [-0.1, -0.05) is 6.07 Å². The van der Waals surface area contributed by atoms with Crippen molar-refractivity contribution < 1.29 is 32.6 Å². The van der Waals surface area contributed by atoms with Gasteiger partial charge in [0.1, 0.15) is 4.88 Å². The van der Waals surface area contributed by atoms with Gasteiger partial charge in [-0.25, -0.2) is 4.79 Å². The third-order valence-corrected chi connectivity index (χ3v) is 4.02. The molecular weight excluding hydrogens is 368 g/mol. The molecule has 0 saturated carbocycles. The van der Waals surface area contributed by atoms with Crippen molar-refractivity contribution in [3.8, 4) is 11.5 Å². The maximum atomic E-state index is 12.3. The number of anilines is 1. The number of rotatable bonds is 7. The first kappa shape index (κ1) is 19.4. The van der Waals surface area contributed by atoms with E-state index in [0.29, 0.717) is 11.3 Å². The molecule has 1 N–H and O–H groups in total. The van der Waals surface area contributed by atoms with Crippen LogP contribution in [0.15, 0.2) is 35.7 Å². The summed E-state index contributed by atoms with van der Waals surface area (Å²) in [5, 5.41) is 4.22. The molecule has 2 rings (SSSR count). The van der Waals surface area contributed by atoms with Gasteiger partial charge in [0.05, 0.1) is 19.9 Å². The predicted octanol–water partition coefficient (Wildman–Crippen LogP) is 3.80. The first-order valence-electron chi connectivity index (χ1n) is 7.22. The van der Waals surface area contributed by atoms with Gasteiger partial charge >= 0.3 is 12.6 Å². The van der Waals surface area contributed by atoms with E-state index in [4.69, 9.17) is 4.74 Å². The van der Waals surface area contributed by atoms with Crippen LogP contribution in [0.5, 0.6) is 11.5 Å². The van der Waals surface area contributed by atoms with Crippen LogP contribution in [-0.2, 0) is 9.53 Å². The molecule has 0 aliphatic carbocycles. The minimum absolute atomic E-state index is 0.106. The number of carbonyl (C=O) groups is 2. The molecule has 1 aromatic carbocycles. The number of nitrogens with one attached hydrogen (secondary N) is 1. The summed E-state index contributed by atoms with van der Waals surface area (Å²) >= 11 is 1.14. The van der Waals surface area contributed by atoms with Crippen molar-refractivity contribution in [1.82, 2.24) is 0 Å². The Kier molecular flexibility index (Phi) is 6.67. The molecular formula is C17H15F2NO5S. The minimum Gasteiger partial charge on any atom is -0.493 e. The SMILES string of the molecule is COC(=O)c1sccc1NC(=O)/C=C/c1ccc(OC(F)F)c(OC)c1. The molecule has 0 aliphatic rings. The van der Waals surface area contributed by atoms with Gasteiger partial charge < -0.3 is 19.5 Å². The Labute approximate surface area is 152 Å². The van der Waals surface area contributed by atoms with Crippen molar-refractivity contribution in [2.24, 2.45) is 0 Å². The monoisotopic (exact) mass is 383 g/mol. The van der Waals surface area contributed by atoms with Crippen molar-refractivity contribution in [3.63, 3.8) is 0 Å². The maximum absolute atomic E-state index is 12.3. The summed E-state index contributed by atoms with van der Waals surface area (Å²) in [6, 6.07) is 5.85. The van der Waals surface area contributed by atoms with Gasteiger partial charge in [0, 0.05) is 6.08 Å².